The number of fused-ring (bicyclic) bond motifs is 1. The van der Waals surface area contributed by atoms with Crippen LogP contribution in [0.2, 0.25) is 0 Å². The quantitative estimate of drug-likeness (QED) is 0.211. The topological polar surface area (TPSA) is 116 Å². The van der Waals surface area contributed by atoms with E-state index < -0.39 is 11.4 Å². The molecule has 11 heteroatoms. The molecule has 0 saturated carbocycles. The predicted molar refractivity (Wildman–Crippen MR) is 159 cm³/mol. The van der Waals surface area contributed by atoms with Gasteiger partial charge in [0.15, 0.2) is 5.82 Å². The van der Waals surface area contributed by atoms with Gasteiger partial charge in [0.25, 0.3) is 11.8 Å². The zero-order valence-electron chi connectivity index (χ0n) is 23.7. The third-order valence-corrected chi connectivity index (χ3v) is 7.23. The lowest BCUT2D eigenvalue weighted by Gasteiger charge is -2.23. The van der Waals surface area contributed by atoms with Crippen molar-refractivity contribution in [1.82, 2.24) is 20.0 Å². The zero-order chi connectivity index (χ0) is 30.0. The number of ether oxygens (including phenoxy) is 2. The number of nitrogens with one attached hydrogen (secondary N) is 2. The van der Waals surface area contributed by atoms with E-state index in [0.29, 0.717) is 68.5 Å². The fourth-order valence-electron chi connectivity index (χ4n) is 4.69. The number of methoxy groups -OCH3 is 1. The second-order valence-corrected chi connectivity index (χ2v) is 10.5. The van der Waals surface area contributed by atoms with E-state index in [4.69, 9.17) is 13.9 Å². The van der Waals surface area contributed by atoms with E-state index in [1.165, 1.54) is 37.8 Å². The van der Waals surface area contributed by atoms with Crippen molar-refractivity contribution in [1.29, 1.82) is 0 Å². The molecule has 0 bridgehead atoms. The number of rotatable bonds is 9. The van der Waals surface area contributed by atoms with Gasteiger partial charge in [0.1, 0.15) is 34.2 Å². The molecular weight excluding hydrogens is 559 g/mol. The Morgan fingerprint density at radius 3 is 2.40 bits per heavy atom. The van der Waals surface area contributed by atoms with Gasteiger partial charge in [0, 0.05) is 29.6 Å². The Morgan fingerprint density at radius 2 is 1.76 bits per heavy atom. The second kappa shape index (κ2) is 11.6. The largest absolute Gasteiger partial charge is 0.496 e. The molecule has 0 radical (unpaired) electrons. The van der Waals surface area contributed by atoms with E-state index in [2.05, 4.69) is 20.0 Å². The molecule has 5 aromatic rings. The van der Waals surface area contributed by atoms with Crippen molar-refractivity contribution < 1.29 is 27.9 Å². The van der Waals surface area contributed by atoms with E-state index >= 15 is 0 Å². The summed E-state index contributed by atoms with van der Waals surface area (Å²) in [7, 11) is 3.02. The Bertz CT molecular complexity index is 1760. The molecule has 0 aliphatic heterocycles. The van der Waals surface area contributed by atoms with Crippen molar-refractivity contribution in [2.45, 2.75) is 26.3 Å². The van der Waals surface area contributed by atoms with Crippen molar-refractivity contribution in [2.75, 3.05) is 20.8 Å². The first kappa shape index (κ1) is 28.7. The van der Waals surface area contributed by atoms with E-state index in [-0.39, 0.29) is 11.8 Å². The van der Waals surface area contributed by atoms with Crippen LogP contribution in [-0.4, -0.2) is 41.9 Å². The molecule has 2 amide bonds. The number of hydrogen-bond acceptors (Lipinski definition) is 8. The van der Waals surface area contributed by atoms with Gasteiger partial charge in [-0.3, -0.25) is 9.59 Å². The molecule has 0 fully saturated rings. The predicted octanol–water partition coefficient (Wildman–Crippen LogP) is 6.19. The summed E-state index contributed by atoms with van der Waals surface area (Å²) in [5, 5.41) is 6.19. The molecule has 0 unspecified atom stereocenters. The minimum absolute atomic E-state index is 0.298. The van der Waals surface area contributed by atoms with Crippen LogP contribution in [-0.2, 0) is 5.54 Å². The summed E-state index contributed by atoms with van der Waals surface area (Å²) in [5.41, 5.74) is 3.64. The SMILES string of the molecule is CCOc1cc2oc(-c3ccc(F)cc3)c(C(=O)NC)c2cc1-c1ccc(OC)c(C(=O)NC(C)(C)c2ncsn2)c1. The monoisotopic (exact) mass is 588 g/mol. The van der Waals surface area contributed by atoms with Crippen LogP contribution in [0.4, 0.5) is 4.39 Å². The molecular formula is C31H29FN4O5S. The molecule has 2 heterocycles. The van der Waals surface area contributed by atoms with Crippen molar-refractivity contribution in [3.05, 3.63) is 82.9 Å². The van der Waals surface area contributed by atoms with Crippen molar-refractivity contribution in [3.8, 4) is 33.9 Å². The average molecular weight is 589 g/mol. The normalized spacial score (nSPS) is 11.4. The molecule has 216 valence electrons. The highest BCUT2D eigenvalue weighted by molar-refractivity contribution is 7.03. The molecule has 42 heavy (non-hydrogen) atoms. The zero-order valence-corrected chi connectivity index (χ0v) is 24.5. The van der Waals surface area contributed by atoms with Crippen LogP contribution < -0.4 is 20.1 Å². The lowest BCUT2D eigenvalue weighted by atomic mass is 9.97. The first-order chi connectivity index (χ1) is 20.2. The van der Waals surface area contributed by atoms with Crippen molar-refractivity contribution in [2.24, 2.45) is 0 Å². The maximum Gasteiger partial charge on any atom is 0.255 e. The fraction of sp³-hybridized carbons (Fsp3) is 0.226. The lowest BCUT2D eigenvalue weighted by molar-refractivity contribution is 0.0904. The fourth-order valence-corrected chi connectivity index (χ4v) is 5.26. The van der Waals surface area contributed by atoms with Crippen molar-refractivity contribution in [3.63, 3.8) is 0 Å². The minimum Gasteiger partial charge on any atom is -0.496 e. The molecule has 0 spiro atoms. The molecule has 0 atom stereocenters. The number of halogens is 1. The number of furan rings is 1. The third kappa shape index (κ3) is 5.42. The van der Waals surface area contributed by atoms with Crippen LogP contribution in [0.25, 0.3) is 33.4 Å². The Morgan fingerprint density at radius 1 is 1.02 bits per heavy atom. The van der Waals surface area contributed by atoms with E-state index in [1.807, 2.05) is 26.8 Å². The summed E-state index contributed by atoms with van der Waals surface area (Å²) in [6, 6.07) is 14.5. The Kier molecular flexibility index (Phi) is 7.95. The number of carbonyl (C=O) groups is 2. The minimum atomic E-state index is -0.830. The lowest BCUT2D eigenvalue weighted by Crippen LogP contribution is -2.41. The number of aromatic nitrogens is 2. The number of hydrogen-bond donors (Lipinski definition) is 2. The van der Waals surface area contributed by atoms with Gasteiger partial charge in [0.2, 0.25) is 0 Å². The van der Waals surface area contributed by atoms with E-state index in [9.17, 15) is 14.0 Å². The molecule has 2 N–H and O–H groups in total. The van der Waals surface area contributed by atoms with E-state index in [0.717, 1.165) is 0 Å². The highest BCUT2D eigenvalue weighted by Gasteiger charge is 2.29. The maximum absolute atomic E-state index is 13.6. The Hall–Kier alpha value is -4.77. The van der Waals surface area contributed by atoms with Crippen LogP contribution in [0.5, 0.6) is 11.5 Å². The smallest absolute Gasteiger partial charge is 0.255 e. The van der Waals surface area contributed by atoms with Gasteiger partial charge in [-0.05, 0) is 80.3 Å². The number of carbonyl (C=O) groups excluding carboxylic acids is 2. The van der Waals surface area contributed by atoms with Crippen LogP contribution in [0.15, 0.2) is 64.5 Å². The summed E-state index contributed by atoms with van der Waals surface area (Å²) in [5.74, 6) is 0.538. The second-order valence-electron chi connectivity index (χ2n) is 9.92. The average Bonchev–Trinajstić information content (AvgIpc) is 3.66. The number of benzene rings is 3. The van der Waals surface area contributed by atoms with Gasteiger partial charge in [0.05, 0.1) is 30.4 Å². The first-order valence-corrected chi connectivity index (χ1v) is 14.0. The van der Waals surface area contributed by atoms with Gasteiger partial charge in [-0.1, -0.05) is 6.07 Å². The Labute approximate surface area is 245 Å². The van der Waals surface area contributed by atoms with Crippen LogP contribution >= 0.6 is 11.5 Å². The molecule has 3 aromatic carbocycles. The van der Waals surface area contributed by atoms with Gasteiger partial charge < -0.3 is 24.5 Å². The van der Waals surface area contributed by atoms with Gasteiger partial charge in [-0.25, -0.2) is 9.37 Å². The summed E-state index contributed by atoms with van der Waals surface area (Å²) < 4.78 is 35.6. The third-order valence-electron chi connectivity index (χ3n) is 6.75. The Balaban J connectivity index is 1.66. The van der Waals surface area contributed by atoms with Crippen LogP contribution in [0, 0.1) is 5.82 Å². The molecule has 0 aliphatic rings. The standard InChI is InChI=1S/C31H29FN4O5S/c1-6-40-24-15-25-21(26(29(38)33-4)27(41-25)17-7-10-19(32)11-8-17)14-20(24)18-9-12-23(39-5)22(13-18)28(37)35-31(2,3)30-34-16-42-36-30/h7-16H,6H2,1-5H3,(H,33,38)(H,35,37). The van der Waals surface area contributed by atoms with Gasteiger partial charge >= 0.3 is 0 Å². The first-order valence-electron chi connectivity index (χ1n) is 13.2. The molecule has 0 aliphatic carbocycles. The maximum atomic E-state index is 13.6. The number of amides is 2. The molecule has 5 rings (SSSR count). The van der Waals surface area contributed by atoms with Crippen molar-refractivity contribution >= 4 is 34.3 Å². The number of nitrogens with zero attached hydrogens (tertiary/aromatic N) is 2. The molecule has 0 saturated heterocycles. The van der Waals surface area contributed by atoms with E-state index in [1.54, 1.807) is 41.9 Å². The van der Waals surface area contributed by atoms with Crippen LogP contribution in [0.1, 0.15) is 47.3 Å². The summed E-state index contributed by atoms with van der Waals surface area (Å²) >= 11 is 1.21. The summed E-state index contributed by atoms with van der Waals surface area (Å²) in [6.07, 6.45) is 0. The summed E-state index contributed by atoms with van der Waals surface area (Å²) in [6.45, 7) is 5.87. The van der Waals surface area contributed by atoms with Crippen LogP contribution in [0.3, 0.4) is 0 Å². The highest BCUT2D eigenvalue weighted by Crippen LogP contribution is 2.41. The van der Waals surface area contributed by atoms with Gasteiger partial charge in [-0.15, -0.1) is 0 Å². The highest BCUT2D eigenvalue weighted by atomic mass is 32.1. The summed E-state index contributed by atoms with van der Waals surface area (Å²) in [4.78, 5) is 30.9. The van der Waals surface area contributed by atoms with Gasteiger partial charge in [-0.2, -0.15) is 4.37 Å². The molecule has 2 aromatic heterocycles. The molecule has 9 nitrogen and oxygen atoms in total.